The zero-order valence-corrected chi connectivity index (χ0v) is 16.3. The number of nitrogens with one attached hydrogen (secondary N) is 1. The van der Waals surface area contributed by atoms with E-state index in [-0.39, 0.29) is 6.04 Å². The maximum absolute atomic E-state index is 4.70. The van der Waals surface area contributed by atoms with Gasteiger partial charge < -0.3 is 5.32 Å². The quantitative estimate of drug-likeness (QED) is 0.577. The number of hydrogen-bond donors (Lipinski definition) is 1. The highest BCUT2D eigenvalue weighted by Gasteiger charge is 2.14. The fraction of sp³-hybridized carbons (Fsp3) is 0.250. The maximum atomic E-state index is 4.70. The molecule has 0 saturated carbocycles. The highest BCUT2D eigenvalue weighted by atomic mass is 15.3. The topological polar surface area (TPSA) is 86.3 Å². The van der Waals surface area contributed by atoms with Crippen LogP contribution in [0.4, 0.5) is 5.95 Å². The Hall–Kier alpha value is -3.55. The maximum Gasteiger partial charge on any atom is 0.223 e. The Bertz CT molecular complexity index is 1080. The zero-order chi connectivity index (χ0) is 19.7. The van der Waals surface area contributed by atoms with Gasteiger partial charge in [0.15, 0.2) is 0 Å². The Morgan fingerprint density at radius 1 is 1.07 bits per heavy atom. The molecule has 0 fully saturated rings. The van der Waals surface area contributed by atoms with Crippen LogP contribution in [-0.4, -0.2) is 34.5 Å². The molecule has 8 nitrogen and oxygen atoms in total. The van der Waals surface area contributed by atoms with Gasteiger partial charge in [-0.05, 0) is 44.5 Å². The summed E-state index contributed by atoms with van der Waals surface area (Å²) in [4.78, 5) is 13.1. The van der Waals surface area contributed by atoms with Gasteiger partial charge >= 0.3 is 0 Å². The minimum absolute atomic E-state index is 0.0520. The van der Waals surface area contributed by atoms with E-state index in [1.165, 1.54) is 6.33 Å². The molecule has 1 N–H and O–H groups in total. The molecule has 1 unspecified atom stereocenters. The average Bonchev–Trinajstić information content (AvgIpc) is 3.31. The Labute approximate surface area is 163 Å². The van der Waals surface area contributed by atoms with E-state index in [0.717, 1.165) is 33.9 Å². The molecule has 0 amide bonds. The Kier molecular flexibility index (Phi) is 4.60. The number of hydrogen-bond acceptors (Lipinski definition) is 6. The molecule has 28 heavy (non-hydrogen) atoms. The van der Waals surface area contributed by atoms with Crippen LogP contribution >= 0.6 is 0 Å². The molecule has 4 aromatic rings. The summed E-state index contributed by atoms with van der Waals surface area (Å²) in [5.74, 6) is 0.591. The van der Waals surface area contributed by atoms with E-state index in [0.29, 0.717) is 5.95 Å². The Balaban J connectivity index is 1.54. The van der Waals surface area contributed by atoms with Gasteiger partial charge in [-0.3, -0.25) is 4.68 Å². The molecular weight excluding hydrogens is 352 g/mol. The number of aromatic nitrogens is 7. The van der Waals surface area contributed by atoms with Crippen molar-refractivity contribution >= 4 is 5.95 Å². The van der Waals surface area contributed by atoms with Crippen molar-refractivity contribution in [3.05, 3.63) is 66.1 Å². The molecule has 0 radical (unpaired) electrons. The number of rotatable bonds is 5. The molecule has 0 aliphatic carbocycles. The standard InChI is InChI=1S/C20H22N8/c1-13(16-5-7-17(8-6-16)28-12-21-11-23-28)24-20-22-10-9-18(25-20)19-14(2)26-27(4)15(19)3/h5-13H,1-4H3,(H,22,24,25). The fourth-order valence-electron chi connectivity index (χ4n) is 3.25. The number of aryl methyl sites for hydroxylation is 2. The van der Waals surface area contributed by atoms with Gasteiger partial charge in [0.25, 0.3) is 0 Å². The van der Waals surface area contributed by atoms with Crippen LogP contribution in [0.5, 0.6) is 0 Å². The summed E-state index contributed by atoms with van der Waals surface area (Å²) < 4.78 is 3.60. The molecule has 1 atom stereocenters. The monoisotopic (exact) mass is 374 g/mol. The second kappa shape index (κ2) is 7.22. The number of anilines is 1. The van der Waals surface area contributed by atoms with E-state index >= 15 is 0 Å². The lowest BCUT2D eigenvalue weighted by Gasteiger charge is -2.15. The second-order valence-corrected chi connectivity index (χ2v) is 6.73. The summed E-state index contributed by atoms with van der Waals surface area (Å²) in [6.07, 6.45) is 4.98. The van der Waals surface area contributed by atoms with E-state index in [1.54, 1.807) is 17.2 Å². The lowest BCUT2D eigenvalue weighted by atomic mass is 10.1. The molecule has 142 valence electrons. The van der Waals surface area contributed by atoms with E-state index in [1.807, 2.05) is 43.8 Å². The minimum Gasteiger partial charge on any atom is -0.348 e. The largest absolute Gasteiger partial charge is 0.348 e. The van der Waals surface area contributed by atoms with Crippen molar-refractivity contribution in [1.29, 1.82) is 0 Å². The molecule has 0 aliphatic rings. The van der Waals surface area contributed by atoms with Crippen molar-refractivity contribution in [2.45, 2.75) is 26.8 Å². The predicted molar refractivity (Wildman–Crippen MR) is 107 cm³/mol. The Morgan fingerprint density at radius 3 is 2.50 bits per heavy atom. The van der Waals surface area contributed by atoms with Crippen LogP contribution in [0.2, 0.25) is 0 Å². The van der Waals surface area contributed by atoms with Gasteiger partial charge in [-0.2, -0.15) is 10.2 Å². The van der Waals surface area contributed by atoms with Gasteiger partial charge in [-0.1, -0.05) is 12.1 Å². The highest BCUT2D eigenvalue weighted by molar-refractivity contribution is 5.65. The van der Waals surface area contributed by atoms with Gasteiger partial charge in [-0.25, -0.2) is 19.6 Å². The first kappa shape index (κ1) is 17.8. The molecule has 4 rings (SSSR count). The van der Waals surface area contributed by atoms with Crippen molar-refractivity contribution in [3.63, 3.8) is 0 Å². The first-order valence-corrected chi connectivity index (χ1v) is 9.08. The number of benzene rings is 1. The molecule has 0 aliphatic heterocycles. The van der Waals surface area contributed by atoms with Crippen LogP contribution in [-0.2, 0) is 7.05 Å². The van der Waals surface area contributed by atoms with E-state index in [4.69, 9.17) is 4.98 Å². The lowest BCUT2D eigenvalue weighted by Crippen LogP contribution is -2.10. The third kappa shape index (κ3) is 3.36. The normalized spacial score (nSPS) is 12.1. The lowest BCUT2D eigenvalue weighted by molar-refractivity contribution is 0.731. The van der Waals surface area contributed by atoms with Crippen LogP contribution < -0.4 is 5.32 Å². The average molecular weight is 374 g/mol. The third-order valence-electron chi connectivity index (χ3n) is 4.84. The second-order valence-electron chi connectivity index (χ2n) is 6.73. The van der Waals surface area contributed by atoms with Crippen LogP contribution in [0.3, 0.4) is 0 Å². The molecule has 3 heterocycles. The van der Waals surface area contributed by atoms with E-state index in [2.05, 4.69) is 44.5 Å². The molecule has 0 saturated heterocycles. The van der Waals surface area contributed by atoms with Gasteiger partial charge in [0.2, 0.25) is 5.95 Å². The van der Waals surface area contributed by atoms with Crippen LogP contribution in [0.15, 0.2) is 49.2 Å². The van der Waals surface area contributed by atoms with Crippen molar-refractivity contribution in [2.75, 3.05) is 5.32 Å². The van der Waals surface area contributed by atoms with Crippen LogP contribution in [0.1, 0.15) is 29.9 Å². The third-order valence-corrected chi connectivity index (χ3v) is 4.84. The van der Waals surface area contributed by atoms with Gasteiger partial charge in [0, 0.05) is 24.5 Å². The molecule has 8 heteroatoms. The summed E-state index contributed by atoms with van der Waals surface area (Å²) in [5, 5.41) is 12.0. The first-order valence-electron chi connectivity index (χ1n) is 9.08. The van der Waals surface area contributed by atoms with Gasteiger partial charge in [0.05, 0.1) is 23.1 Å². The van der Waals surface area contributed by atoms with Gasteiger partial charge in [-0.15, -0.1) is 0 Å². The van der Waals surface area contributed by atoms with Crippen LogP contribution in [0, 0.1) is 13.8 Å². The Morgan fingerprint density at radius 2 is 1.86 bits per heavy atom. The predicted octanol–water partition coefficient (Wildman–Crippen LogP) is 3.25. The number of nitrogens with zero attached hydrogens (tertiary/aromatic N) is 7. The van der Waals surface area contributed by atoms with Gasteiger partial charge in [0.1, 0.15) is 12.7 Å². The zero-order valence-electron chi connectivity index (χ0n) is 16.3. The molecule has 3 aromatic heterocycles. The van der Waals surface area contributed by atoms with Crippen molar-refractivity contribution in [2.24, 2.45) is 7.05 Å². The van der Waals surface area contributed by atoms with Crippen molar-refractivity contribution in [3.8, 4) is 16.9 Å². The van der Waals surface area contributed by atoms with Crippen LogP contribution in [0.25, 0.3) is 16.9 Å². The summed E-state index contributed by atoms with van der Waals surface area (Å²) in [5.41, 5.74) is 6.06. The summed E-state index contributed by atoms with van der Waals surface area (Å²) >= 11 is 0. The van der Waals surface area contributed by atoms with Crippen molar-refractivity contribution in [1.82, 2.24) is 34.5 Å². The highest BCUT2D eigenvalue weighted by Crippen LogP contribution is 2.26. The first-order chi connectivity index (χ1) is 13.5. The summed E-state index contributed by atoms with van der Waals surface area (Å²) in [6.45, 7) is 6.13. The fourth-order valence-corrected chi connectivity index (χ4v) is 3.25. The molecular formula is C20H22N8. The van der Waals surface area contributed by atoms with E-state index in [9.17, 15) is 0 Å². The minimum atomic E-state index is 0.0520. The SMILES string of the molecule is Cc1nn(C)c(C)c1-c1ccnc(NC(C)c2ccc(-n3cncn3)cc2)n1. The van der Waals surface area contributed by atoms with Crippen molar-refractivity contribution < 1.29 is 0 Å². The molecule has 1 aromatic carbocycles. The molecule has 0 bridgehead atoms. The molecule has 0 spiro atoms. The summed E-state index contributed by atoms with van der Waals surface area (Å²) in [6, 6.07) is 10.1. The van der Waals surface area contributed by atoms with E-state index < -0.39 is 0 Å². The summed E-state index contributed by atoms with van der Waals surface area (Å²) in [7, 11) is 1.94. The smallest absolute Gasteiger partial charge is 0.223 e.